The highest BCUT2D eigenvalue weighted by atomic mass is 15.1. The molecular formula is C55H41N. The molecule has 9 aromatic carbocycles. The molecule has 0 spiro atoms. The lowest BCUT2D eigenvalue weighted by atomic mass is 9.74. The molecule has 0 saturated heterocycles. The van der Waals surface area contributed by atoms with Crippen LogP contribution in [-0.2, 0) is 10.8 Å². The van der Waals surface area contributed by atoms with Crippen molar-refractivity contribution in [2.24, 2.45) is 0 Å². The first kappa shape index (κ1) is 32.7. The lowest BCUT2D eigenvalue weighted by molar-refractivity contribution is 0.662. The second-order valence-corrected chi connectivity index (χ2v) is 16.2. The predicted octanol–water partition coefficient (Wildman–Crippen LogP) is 14.8. The van der Waals surface area contributed by atoms with Gasteiger partial charge in [-0.1, -0.05) is 184 Å². The molecule has 1 nitrogen and oxygen atoms in total. The molecule has 1 unspecified atom stereocenters. The van der Waals surface area contributed by atoms with Gasteiger partial charge in [0.1, 0.15) is 0 Å². The Labute approximate surface area is 329 Å². The summed E-state index contributed by atoms with van der Waals surface area (Å²) in [5.74, 6) is 0. The van der Waals surface area contributed by atoms with E-state index in [0.29, 0.717) is 0 Å². The van der Waals surface area contributed by atoms with E-state index in [0.717, 1.165) is 17.1 Å². The summed E-state index contributed by atoms with van der Waals surface area (Å²) in [5.41, 5.74) is 17.5. The molecule has 9 aromatic rings. The van der Waals surface area contributed by atoms with Gasteiger partial charge in [0, 0.05) is 27.5 Å². The van der Waals surface area contributed by atoms with E-state index in [1.807, 2.05) is 0 Å². The van der Waals surface area contributed by atoms with Gasteiger partial charge in [-0.2, -0.15) is 0 Å². The van der Waals surface area contributed by atoms with Gasteiger partial charge in [0.2, 0.25) is 0 Å². The molecule has 0 bridgehead atoms. The van der Waals surface area contributed by atoms with Gasteiger partial charge in [-0.25, -0.2) is 0 Å². The largest absolute Gasteiger partial charge is 0.309 e. The molecule has 1 atom stereocenters. The van der Waals surface area contributed by atoms with E-state index < -0.39 is 0 Å². The fourth-order valence-electron chi connectivity index (χ4n) is 10.3. The summed E-state index contributed by atoms with van der Waals surface area (Å²) in [6.45, 7) is 7.19. The smallest absolute Gasteiger partial charge is 0.0540 e. The Morgan fingerprint density at radius 2 is 0.929 bits per heavy atom. The van der Waals surface area contributed by atoms with E-state index in [1.54, 1.807) is 0 Å². The zero-order valence-electron chi connectivity index (χ0n) is 31.9. The monoisotopic (exact) mass is 715 g/mol. The van der Waals surface area contributed by atoms with Crippen molar-refractivity contribution in [3.05, 3.63) is 222 Å². The predicted molar refractivity (Wildman–Crippen MR) is 237 cm³/mol. The van der Waals surface area contributed by atoms with Crippen LogP contribution in [-0.4, -0.2) is 0 Å². The highest BCUT2D eigenvalue weighted by Crippen LogP contribution is 2.56. The third-order valence-electron chi connectivity index (χ3n) is 12.9. The standard InChI is InChI=1S/C55H41N/c1-54(2)48-27-12-9-22-42(48)46-25-15-26-47(53(46)54)44-23-11-14-29-51(44)56(52-30-16-24-40-39-20-8-7-17-36(39)31-33-45(40)52)38-32-34-43-41-21-10-13-28-49(41)55(3,50(43)35-38)37-18-5-4-6-19-37/h4-35H,1-3H3. The van der Waals surface area contributed by atoms with Crippen molar-refractivity contribution in [3.63, 3.8) is 0 Å². The van der Waals surface area contributed by atoms with Crippen molar-refractivity contribution >= 4 is 38.6 Å². The molecule has 0 fully saturated rings. The van der Waals surface area contributed by atoms with E-state index in [4.69, 9.17) is 0 Å². The first-order valence-electron chi connectivity index (χ1n) is 19.8. The van der Waals surface area contributed by atoms with Crippen LogP contribution < -0.4 is 4.90 Å². The van der Waals surface area contributed by atoms with Gasteiger partial charge in [-0.15, -0.1) is 0 Å². The third-order valence-corrected chi connectivity index (χ3v) is 12.9. The first-order valence-corrected chi connectivity index (χ1v) is 19.8. The topological polar surface area (TPSA) is 3.24 Å². The lowest BCUT2D eigenvalue weighted by Gasteiger charge is -2.33. The van der Waals surface area contributed by atoms with Crippen molar-refractivity contribution in [1.82, 2.24) is 0 Å². The van der Waals surface area contributed by atoms with Crippen LogP contribution in [0.1, 0.15) is 48.6 Å². The van der Waals surface area contributed by atoms with E-state index >= 15 is 0 Å². The van der Waals surface area contributed by atoms with Gasteiger partial charge in [0.25, 0.3) is 0 Å². The van der Waals surface area contributed by atoms with Gasteiger partial charge in [-0.05, 0) is 103 Å². The van der Waals surface area contributed by atoms with Crippen LogP contribution in [0.3, 0.4) is 0 Å². The number of hydrogen-bond donors (Lipinski definition) is 0. The summed E-state index contributed by atoms with van der Waals surface area (Å²) in [6, 6.07) is 72.3. The van der Waals surface area contributed by atoms with E-state index in [9.17, 15) is 0 Å². The summed E-state index contributed by atoms with van der Waals surface area (Å²) in [7, 11) is 0. The average molecular weight is 716 g/mol. The van der Waals surface area contributed by atoms with Crippen molar-refractivity contribution in [1.29, 1.82) is 0 Å². The maximum absolute atomic E-state index is 2.54. The van der Waals surface area contributed by atoms with Crippen LogP contribution in [0, 0.1) is 0 Å². The Balaban J connectivity index is 1.20. The van der Waals surface area contributed by atoms with Crippen LogP contribution in [0.15, 0.2) is 194 Å². The SMILES string of the molecule is CC1(C)c2ccccc2-c2cccc(-c3ccccc3N(c3ccc4c(c3)C(C)(c3ccccc3)c3ccccc3-4)c3cccc4c3ccc3ccccc34)c21. The Kier molecular flexibility index (Phi) is 7.10. The van der Waals surface area contributed by atoms with E-state index in [1.165, 1.54) is 82.7 Å². The molecule has 2 aliphatic carbocycles. The maximum atomic E-state index is 2.54. The Bertz CT molecular complexity index is 3020. The molecule has 266 valence electrons. The van der Waals surface area contributed by atoms with Gasteiger partial charge in [0.15, 0.2) is 0 Å². The minimum Gasteiger partial charge on any atom is -0.309 e. The molecule has 0 aromatic heterocycles. The first-order chi connectivity index (χ1) is 27.4. The molecular weight excluding hydrogens is 675 g/mol. The average Bonchev–Trinajstić information content (AvgIpc) is 3.65. The number of rotatable bonds is 5. The zero-order chi connectivity index (χ0) is 37.6. The molecule has 0 N–H and O–H groups in total. The van der Waals surface area contributed by atoms with Gasteiger partial charge < -0.3 is 4.90 Å². The number of benzene rings is 9. The summed E-state index contributed by atoms with van der Waals surface area (Å²) < 4.78 is 0. The normalized spacial score (nSPS) is 16.0. The number of fused-ring (bicyclic) bond motifs is 9. The Hall–Kier alpha value is -6.70. The van der Waals surface area contributed by atoms with Crippen LogP contribution >= 0.6 is 0 Å². The molecule has 2 aliphatic rings. The number of para-hydroxylation sites is 1. The summed E-state index contributed by atoms with van der Waals surface area (Å²) in [4.78, 5) is 2.54. The molecule has 0 aliphatic heterocycles. The van der Waals surface area contributed by atoms with Crippen molar-refractivity contribution in [3.8, 4) is 33.4 Å². The van der Waals surface area contributed by atoms with Crippen LogP contribution in [0.25, 0.3) is 54.9 Å². The van der Waals surface area contributed by atoms with Crippen LogP contribution in [0.4, 0.5) is 17.1 Å². The second kappa shape index (κ2) is 12.2. The van der Waals surface area contributed by atoms with Crippen LogP contribution in [0.5, 0.6) is 0 Å². The molecule has 1 heteroatoms. The molecule has 0 radical (unpaired) electrons. The zero-order valence-corrected chi connectivity index (χ0v) is 31.9. The molecule has 56 heavy (non-hydrogen) atoms. The number of nitrogens with zero attached hydrogens (tertiary/aromatic N) is 1. The summed E-state index contributed by atoms with van der Waals surface area (Å²) >= 11 is 0. The quantitative estimate of drug-likeness (QED) is 0.160. The van der Waals surface area contributed by atoms with Crippen molar-refractivity contribution < 1.29 is 0 Å². The second-order valence-electron chi connectivity index (χ2n) is 16.2. The molecule has 11 rings (SSSR count). The van der Waals surface area contributed by atoms with E-state index in [2.05, 4.69) is 220 Å². The summed E-state index contributed by atoms with van der Waals surface area (Å²) in [6.07, 6.45) is 0. The third kappa shape index (κ3) is 4.55. The molecule has 0 amide bonds. The van der Waals surface area contributed by atoms with Crippen LogP contribution in [0.2, 0.25) is 0 Å². The fraction of sp³-hybridized carbons (Fsp3) is 0.0909. The minimum atomic E-state index is -0.320. The maximum Gasteiger partial charge on any atom is 0.0540 e. The fourth-order valence-corrected chi connectivity index (χ4v) is 10.3. The Morgan fingerprint density at radius 3 is 1.75 bits per heavy atom. The van der Waals surface area contributed by atoms with Gasteiger partial charge in [-0.3, -0.25) is 0 Å². The highest BCUT2D eigenvalue weighted by Gasteiger charge is 2.42. The number of hydrogen-bond acceptors (Lipinski definition) is 1. The Morgan fingerprint density at radius 1 is 0.357 bits per heavy atom. The van der Waals surface area contributed by atoms with E-state index in [-0.39, 0.29) is 10.8 Å². The van der Waals surface area contributed by atoms with Crippen molar-refractivity contribution in [2.75, 3.05) is 4.90 Å². The minimum absolute atomic E-state index is 0.157. The number of anilines is 3. The molecule has 0 saturated carbocycles. The summed E-state index contributed by atoms with van der Waals surface area (Å²) in [5, 5.41) is 4.99. The molecule has 0 heterocycles. The van der Waals surface area contributed by atoms with Gasteiger partial charge in [0.05, 0.1) is 11.4 Å². The van der Waals surface area contributed by atoms with Crippen molar-refractivity contribution in [2.45, 2.75) is 31.6 Å². The lowest BCUT2D eigenvalue weighted by Crippen LogP contribution is -2.23. The van der Waals surface area contributed by atoms with Gasteiger partial charge >= 0.3 is 0 Å². The highest BCUT2D eigenvalue weighted by molar-refractivity contribution is 6.13.